The molecule has 0 aromatic rings. The van der Waals surface area contributed by atoms with Gasteiger partial charge in [0.05, 0.1) is 39.3 Å². The van der Waals surface area contributed by atoms with Gasteiger partial charge >= 0.3 is 11.9 Å². The largest absolute Gasteiger partial charge is 0.469 e. The van der Waals surface area contributed by atoms with Gasteiger partial charge in [-0.2, -0.15) is 0 Å². The Morgan fingerprint density at radius 3 is 2.65 bits per heavy atom. The predicted molar refractivity (Wildman–Crippen MR) is 68.8 cm³/mol. The zero-order valence-electron chi connectivity index (χ0n) is 11.9. The topological polar surface area (TPSA) is 82.1 Å². The third-order valence-electron chi connectivity index (χ3n) is 2.96. The Morgan fingerprint density at radius 2 is 2.00 bits per heavy atom. The van der Waals surface area contributed by atoms with E-state index < -0.39 is 0 Å². The lowest BCUT2D eigenvalue weighted by molar-refractivity contribution is -0.151. The van der Waals surface area contributed by atoms with Crippen LogP contribution in [-0.2, 0) is 28.6 Å². The minimum atomic E-state index is -0.375. The lowest BCUT2D eigenvalue weighted by Crippen LogP contribution is -2.46. The fourth-order valence-electron chi connectivity index (χ4n) is 1.94. The van der Waals surface area contributed by atoms with Crippen molar-refractivity contribution in [3.05, 3.63) is 0 Å². The molecule has 0 aromatic heterocycles. The molecule has 1 heterocycles. The number of rotatable bonds is 6. The van der Waals surface area contributed by atoms with Gasteiger partial charge in [-0.25, -0.2) is 0 Å². The minimum Gasteiger partial charge on any atom is -0.469 e. The number of hydrogen-bond acceptors (Lipinski definition) is 6. The fraction of sp³-hybridized carbons (Fsp3) is 0.769. The van der Waals surface area contributed by atoms with Crippen LogP contribution in [0.2, 0.25) is 0 Å². The second kappa shape index (κ2) is 8.52. The first kappa shape index (κ1) is 16.4. The Kier molecular flexibility index (Phi) is 7.00. The average molecular weight is 287 g/mol. The Morgan fingerprint density at radius 1 is 1.25 bits per heavy atom. The molecule has 0 saturated carbocycles. The standard InChI is InChI=1S/C13H21NO6/c1-3-19-12(16)5-4-11(15)14-6-7-20-10(9-14)8-13(17)18-2/h10H,3-9H2,1-2H3. The molecule has 0 aliphatic carbocycles. The van der Waals surface area contributed by atoms with Crippen LogP contribution in [0.3, 0.4) is 0 Å². The van der Waals surface area contributed by atoms with Crippen molar-refractivity contribution >= 4 is 17.8 Å². The van der Waals surface area contributed by atoms with E-state index in [4.69, 9.17) is 9.47 Å². The number of carbonyl (C=O) groups is 3. The summed E-state index contributed by atoms with van der Waals surface area (Å²) in [5.41, 5.74) is 0. The quantitative estimate of drug-likeness (QED) is 0.645. The monoisotopic (exact) mass is 287 g/mol. The molecule has 7 heteroatoms. The van der Waals surface area contributed by atoms with Crippen molar-refractivity contribution in [2.45, 2.75) is 32.3 Å². The van der Waals surface area contributed by atoms with Gasteiger partial charge < -0.3 is 19.1 Å². The molecule has 114 valence electrons. The Balaban J connectivity index is 2.36. The molecule has 0 bridgehead atoms. The van der Waals surface area contributed by atoms with Gasteiger partial charge in [0, 0.05) is 19.5 Å². The van der Waals surface area contributed by atoms with Gasteiger partial charge in [0.15, 0.2) is 0 Å². The van der Waals surface area contributed by atoms with E-state index in [1.807, 2.05) is 0 Å². The maximum atomic E-state index is 12.0. The number of amides is 1. The summed E-state index contributed by atoms with van der Waals surface area (Å²) >= 11 is 0. The van der Waals surface area contributed by atoms with E-state index in [0.717, 1.165) is 0 Å². The Hall–Kier alpha value is -1.63. The molecule has 7 nitrogen and oxygen atoms in total. The number of esters is 2. The lowest BCUT2D eigenvalue weighted by atomic mass is 10.2. The Labute approximate surface area is 118 Å². The van der Waals surface area contributed by atoms with Crippen molar-refractivity contribution in [2.75, 3.05) is 33.4 Å². The van der Waals surface area contributed by atoms with E-state index in [-0.39, 0.29) is 43.2 Å². The molecule has 1 saturated heterocycles. The number of carbonyl (C=O) groups excluding carboxylic acids is 3. The van der Waals surface area contributed by atoms with Gasteiger partial charge in [-0.1, -0.05) is 0 Å². The van der Waals surface area contributed by atoms with Crippen molar-refractivity contribution in [3.63, 3.8) is 0 Å². The summed E-state index contributed by atoms with van der Waals surface area (Å²) in [4.78, 5) is 35.9. The molecule has 0 spiro atoms. The van der Waals surface area contributed by atoms with Gasteiger partial charge in [0.1, 0.15) is 0 Å². The second-order valence-electron chi connectivity index (χ2n) is 4.42. The van der Waals surface area contributed by atoms with Crippen LogP contribution in [-0.4, -0.2) is 62.3 Å². The van der Waals surface area contributed by atoms with Crippen LogP contribution in [0.5, 0.6) is 0 Å². The van der Waals surface area contributed by atoms with Gasteiger partial charge in [-0.15, -0.1) is 0 Å². The third kappa shape index (κ3) is 5.56. The van der Waals surface area contributed by atoms with E-state index in [1.54, 1.807) is 11.8 Å². The summed E-state index contributed by atoms with van der Waals surface area (Å²) in [6.07, 6.45) is -0.0316. The van der Waals surface area contributed by atoms with Crippen LogP contribution < -0.4 is 0 Å². The first-order valence-corrected chi connectivity index (χ1v) is 6.68. The van der Waals surface area contributed by atoms with Crippen LogP contribution in [0.4, 0.5) is 0 Å². The number of morpholine rings is 1. The molecule has 0 aromatic carbocycles. The van der Waals surface area contributed by atoms with Crippen molar-refractivity contribution in [1.29, 1.82) is 0 Å². The van der Waals surface area contributed by atoms with Gasteiger partial charge in [-0.3, -0.25) is 14.4 Å². The molecule has 1 unspecified atom stereocenters. The highest BCUT2D eigenvalue weighted by Crippen LogP contribution is 2.11. The van der Waals surface area contributed by atoms with E-state index >= 15 is 0 Å². The molecule has 1 aliphatic heterocycles. The van der Waals surface area contributed by atoms with E-state index in [1.165, 1.54) is 7.11 Å². The normalized spacial score (nSPS) is 18.5. The second-order valence-corrected chi connectivity index (χ2v) is 4.42. The van der Waals surface area contributed by atoms with Crippen molar-refractivity contribution in [2.24, 2.45) is 0 Å². The van der Waals surface area contributed by atoms with Gasteiger partial charge in [0.25, 0.3) is 0 Å². The number of nitrogens with zero attached hydrogens (tertiary/aromatic N) is 1. The first-order chi connectivity index (χ1) is 9.56. The zero-order chi connectivity index (χ0) is 15.0. The number of hydrogen-bond donors (Lipinski definition) is 0. The molecular weight excluding hydrogens is 266 g/mol. The van der Waals surface area contributed by atoms with Crippen molar-refractivity contribution in [1.82, 2.24) is 4.90 Å². The first-order valence-electron chi connectivity index (χ1n) is 6.68. The summed E-state index contributed by atoms with van der Waals surface area (Å²) in [6.45, 7) is 3.23. The van der Waals surface area contributed by atoms with Gasteiger partial charge in [0.2, 0.25) is 5.91 Å². The maximum absolute atomic E-state index is 12.0. The molecule has 1 amide bonds. The fourth-order valence-corrected chi connectivity index (χ4v) is 1.94. The maximum Gasteiger partial charge on any atom is 0.308 e. The third-order valence-corrected chi connectivity index (χ3v) is 2.96. The SMILES string of the molecule is CCOC(=O)CCC(=O)N1CCOC(CC(=O)OC)C1. The van der Waals surface area contributed by atoms with Crippen LogP contribution >= 0.6 is 0 Å². The van der Waals surface area contributed by atoms with Crippen LogP contribution in [0.1, 0.15) is 26.2 Å². The minimum absolute atomic E-state index is 0.0751. The van der Waals surface area contributed by atoms with E-state index in [2.05, 4.69) is 4.74 Å². The predicted octanol–water partition coefficient (Wildman–Crippen LogP) is 0.120. The number of methoxy groups -OCH3 is 1. The van der Waals surface area contributed by atoms with E-state index in [0.29, 0.717) is 26.3 Å². The lowest BCUT2D eigenvalue weighted by Gasteiger charge is -2.32. The van der Waals surface area contributed by atoms with Gasteiger partial charge in [-0.05, 0) is 6.92 Å². The van der Waals surface area contributed by atoms with Crippen LogP contribution in [0.25, 0.3) is 0 Å². The summed E-state index contributed by atoms with van der Waals surface area (Å²) in [6, 6.07) is 0. The highest BCUT2D eigenvalue weighted by atomic mass is 16.5. The molecule has 1 rings (SSSR count). The molecule has 1 aliphatic rings. The average Bonchev–Trinajstić information content (AvgIpc) is 2.45. The Bertz CT molecular complexity index is 357. The van der Waals surface area contributed by atoms with E-state index in [9.17, 15) is 14.4 Å². The molecule has 0 radical (unpaired) electrons. The summed E-state index contributed by atoms with van der Waals surface area (Å²) in [5.74, 6) is -0.868. The molecule has 0 N–H and O–H groups in total. The summed E-state index contributed by atoms with van der Waals surface area (Å²) in [5, 5.41) is 0. The molecule has 1 atom stereocenters. The van der Waals surface area contributed by atoms with Crippen molar-refractivity contribution < 1.29 is 28.6 Å². The summed E-state index contributed by atoms with van der Waals surface area (Å²) < 4.78 is 14.8. The van der Waals surface area contributed by atoms with Crippen molar-refractivity contribution in [3.8, 4) is 0 Å². The molecule has 20 heavy (non-hydrogen) atoms. The number of ether oxygens (including phenoxy) is 3. The zero-order valence-corrected chi connectivity index (χ0v) is 11.9. The highest BCUT2D eigenvalue weighted by molar-refractivity contribution is 5.81. The summed E-state index contributed by atoms with van der Waals surface area (Å²) in [7, 11) is 1.31. The smallest absolute Gasteiger partial charge is 0.308 e. The molecule has 1 fully saturated rings. The molecular formula is C13H21NO6. The van der Waals surface area contributed by atoms with Crippen LogP contribution in [0, 0.1) is 0 Å². The van der Waals surface area contributed by atoms with Crippen LogP contribution in [0.15, 0.2) is 0 Å². The highest BCUT2D eigenvalue weighted by Gasteiger charge is 2.26.